The zero-order valence-electron chi connectivity index (χ0n) is 17.0. The average molecular weight is 458 g/mol. The summed E-state index contributed by atoms with van der Waals surface area (Å²) in [5, 5.41) is 5.75. The van der Waals surface area contributed by atoms with E-state index in [1.54, 1.807) is 12.1 Å². The van der Waals surface area contributed by atoms with E-state index >= 15 is 0 Å². The first-order valence-corrected chi connectivity index (χ1v) is 11.1. The molecule has 2 aliphatic rings. The van der Waals surface area contributed by atoms with Gasteiger partial charge in [0.25, 0.3) is 0 Å². The van der Waals surface area contributed by atoms with Crippen LogP contribution in [0.25, 0.3) is 10.6 Å². The van der Waals surface area contributed by atoms with Crippen LogP contribution in [0.5, 0.6) is 17.2 Å². The molecule has 1 amide bonds. The molecule has 9 heteroatoms. The molecular weight excluding hydrogens is 438 g/mol. The van der Waals surface area contributed by atoms with Gasteiger partial charge in [-0.15, -0.1) is 11.3 Å². The topological polar surface area (TPSA) is 69.7 Å². The number of amides is 1. The Bertz CT molecular complexity index is 1150. The Labute approximate surface area is 187 Å². The molecule has 1 aliphatic carbocycles. The van der Waals surface area contributed by atoms with Crippen LogP contribution in [-0.2, 0) is 17.6 Å². The second-order valence-electron chi connectivity index (χ2n) is 7.64. The van der Waals surface area contributed by atoms with Gasteiger partial charge in [0.05, 0.1) is 18.2 Å². The van der Waals surface area contributed by atoms with Gasteiger partial charge in [0, 0.05) is 10.9 Å². The Hall–Kier alpha value is -3.20. The minimum atomic E-state index is -2.85. The largest absolute Gasteiger partial charge is 0.454 e. The van der Waals surface area contributed by atoms with E-state index in [1.165, 1.54) is 17.4 Å². The van der Waals surface area contributed by atoms with Gasteiger partial charge in [-0.2, -0.15) is 8.78 Å². The van der Waals surface area contributed by atoms with Crippen molar-refractivity contribution < 1.29 is 27.8 Å². The van der Waals surface area contributed by atoms with Crippen LogP contribution in [-0.4, -0.2) is 24.3 Å². The minimum Gasteiger partial charge on any atom is -0.454 e. The lowest BCUT2D eigenvalue weighted by atomic mass is 9.87. The van der Waals surface area contributed by atoms with Crippen molar-refractivity contribution in [1.29, 1.82) is 0 Å². The molecule has 2 heterocycles. The molecule has 2 aromatic carbocycles. The first-order chi connectivity index (χ1) is 15.5. The summed E-state index contributed by atoms with van der Waals surface area (Å²) in [4.78, 5) is 17.3. The summed E-state index contributed by atoms with van der Waals surface area (Å²) in [5.41, 5.74) is 3.48. The maximum Gasteiger partial charge on any atom is 0.387 e. The number of halogens is 2. The summed E-state index contributed by atoms with van der Waals surface area (Å²) in [5.74, 6) is 1.42. The Morgan fingerprint density at radius 2 is 2.09 bits per heavy atom. The second-order valence-corrected chi connectivity index (χ2v) is 8.50. The average Bonchev–Trinajstić information content (AvgIpc) is 3.42. The molecule has 166 valence electrons. The summed E-state index contributed by atoms with van der Waals surface area (Å²) in [6.45, 7) is -2.64. The van der Waals surface area contributed by atoms with E-state index in [9.17, 15) is 13.6 Å². The minimum absolute atomic E-state index is 0.127. The highest BCUT2D eigenvalue weighted by molar-refractivity contribution is 7.13. The van der Waals surface area contributed by atoms with Crippen molar-refractivity contribution in [3.63, 3.8) is 0 Å². The molecule has 0 radical (unpaired) electrons. The van der Waals surface area contributed by atoms with E-state index < -0.39 is 6.61 Å². The standard InChI is InChI=1S/C23H20F2N2O4S/c24-23(25)31-16-5-6-17-13(8-16)2-1-3-18(17)27-21(28)10-15-11-32-22(26-15)14-4-7-19-20(9-14)30-12-29-19/h4-9,11,18,23H,1-3,10,12H2,(H,27,28). The van der Waals surface area contributed by atoms with Crippen molar-refractivity contribution in [2.24, 2.45) is 0 Å². The number of ether oxygens (including phenoxy) is 3. The maximum absolute atomic E-state index is 12.7. The molecule has 0 saturated carbocycles. The van der Waals surface area contributed by atoms with Gasteiger partial charge >= 0.3 is 6.61 Å². The number of hydrogen-bond donors (Lipinski definition) is 1. The van der Waals surface area contributed by atoms with Gasteiger partial charge in [-0.1, -0.05) is 6.07 Å². The molecule has 3 aromatic rings. The van der Waals surface area contributed by atoms with Crippen molar-refractivity contribution in [1.82, 2.24) is 10.3 Å². The normalized spacial score (nSPS) is 16.7. The molecule has 0 saturated heterocycles. The number of alkyl halides is 2. The third kappa shape index (κ3) is 4.38. The Morgan fingerprint density at radius 3 is 2.97 bits per heavy atom. The van der Waals surface area contributed by atoms with Gasteiger partial charge in [-0.05, 0) is 60.7 Å². The van der Waals surface area contributed by atoms with Gasteiger partial charge in [0.15, 0.2) is 11.5 Å². The molecule has 1 N–H and O–H groups in total. The summed E-state index contributed by atoms with van der Waals surface area (Å²) in [6, 6.07) is 10.4. The molecule has 0 spiro atoms. The molecular formula is C23H20F2N2O4S. The quantitative estimate of drug-likeness (QED) is 0.570. The molecule has 1 aliphatic heterocycles. The fourth-order valence-corrected chi connectivity index (χ4v) is 4.89. The molecule has 1 aromatic heterocycles. The third-order valence-electron chi connectivity index (χ3n) is 5.50. The number of thiazole rings is 1. The molecule has 0 fully saturated rings. The summed E-state index contributed by atoms with van der Waals surface area (Å²) >= 11 is 1.47. The van der Waals surface area contributed by atoms with E-state index in [0.717, 1.165) is 41.0 Å². The summed E-state index contributed by atoms with van der Waals surface area (Å²) < 4.78 is 40.2. The number of nitrogens with zero attached hydrogens (tertiary/aromatic N) is 1. The first kappa shape index (κ1) is 20.7. The van der Waals surface area contributed by atoms with Crippen LogP contribution < -0.4 is 19.5 Å². The Balaban J connectivity index is 1.24. The zero-order chi connectivity index (χ0) is 22.1. The van der Waals surface area contributed by atoms with Gasteiger partial charge in [0.1, 0.15) is 10.8 Å². The van der Waals surface area contributed by atoms with Crippen LogP contribution in [0.4, 0.5) is 8.78 Å². The highest BCUT2D eigenvalue weighted by Gasteiger charge is 2.23. The summed E-state index contributed by atoms with van der Waals surface area (Å²) in [7, 11) is 0. The Kier molecular flexibility index (Phi) is 5.65. The number of aromatic nitrogens is 1. The highest BCUT2D eigenvalue weighted by Crippen LogP contribution is 2.37. The van der Waals surface area contributed by atoms with Crippen LogP contribution in [0, 0.1) is 0 Å². The van der Waals surface area contributed by atoms with E-state index in [0.29, 0.717) is 17.2 Å². The predicted molar refractivity (Wildman–Crippen MR) is 114 cm³/mol. The van der Waals surface area contributed by atoms with E-state index in [4.69, 9.17) is 9.47 Å². The number of nitrogens with one attached hydrogen (secondary N) is 1. The number of carbonyl (C=O) groups excluding carboxylic acids is 1. The fraction of sp³-hybridized carbons (Fsp3) is 0.304. The lowest BCUT2D eigenvalue weighted by molar-refractivity contribution is -0.121. The molecule has 6 nitrogen and oxygen atoms in total. The smallest absolute Gasteiger partial charge is 0.387 e. The highest BCUT2D eigenvalue weighted by atomic mass is 32.1. The summed E-state index contributed by atoms with van der Waals surface area (Å²) in [6.07, 6.45) is 2.60. The van der Waals surface area contributed by atoms with Crippen LogP contribution in [0.3, 0.4) is 0 Å². The van der Waals surface area contributed by atoms with Gasteiger partial charge in [0.2, 0.25) is 12.7 Å². The van der Waals surface area contributed by atoms with Crippen LogP contribution in [0.2, 0.25) is 0 Å². The van der Waals surface area contributed by atoms with E-state index in [-0.39, 0.29) is 30.9 Å². The lowest BCUT2D eigenvalue weighted by Gasteiger charge is -2.26. The third-order valence-corrected chi connectivity index (χ3v) is 6.44. The van der Waals surface area contributed by atoms with Gasteiger partial charge in [-0.3, -0.25) is 4.79 Å². The van der Waals surface area contributed by atoms with E-state index in [2.05, 4.69) is 15.0 Å². The van der Waals surface area contributed by atoms with Crippen LogP contribution >= 0.6 is 11.3 Å². The molecule has 32 heavy (non-hydrogen) atoms. The molecule has 0 bridgehead atoms. The van der Waals surface area contributed by atoms with Crippen LogP contribution in [0.15, 0.2) is 41.8 Å². The number of rotatable bonds is 6. The number of fused-ring (bicyclic) bond motifs is 2. The van der Waals surface area contributed by atoms with Crippen molar-refractivity contribution in [3.8, 4) is 27.8 Å². The number of carbonyl (C=O) groups is 1. The second kappa shape index (κ2) is 8.74. The number of hydrogen-bond acceptors (Lipinski definition) is 6. The van der Waals surface area contributed by atoms with Crippen LogP contribution in [0.1, 0.15) is 35.7 Å². The first-order valence-electron chi connectivity index (χ1n) is 10.3. The SMILES string of the molecule is O=C(Cc1csc(-c2ccc3c(c2)OCO3)n1)NC1CCCc2cc(OC(F)F)ccc21. The maximum atomic E-state index is 12.7. The predicted octanol–water partition coefficient (Wildman–Crippen LogP) is 4.88. The van der Waals surface area contributed by atoms with Crippen molar-refractivity contribution in [2.45, 2.75) is 38.3 Å². The van der Waals surface area contributed by atoms with Gasteiger partial charge in [-0.25, -0.2) is 4.98 Å². The van der Waals surface area contributed by atoms with E-state index in [1.807, 2.05) is 23.6 Å². The molecule has 5 rings (SSSR count). The lowest BCUT2D eigenvalue weighted by Crippen LogP contribution is -2.32. The fourth-order valence-electron chi connectivity index (χ4n) is 4.08. The Morgan fingerprint density at radius 1 is 1.22 bits per heavy atom. The van der Waals surface area contributed by atoms with Crippen molar-refractivity contribution in [3.05, 3.63) is 58.6 Å². The monoisotopic (exact) mass is 458 g/mol. The van der Waals surface area contributed by atoms with Gasteiger partial charge < -0.3 is 19.5 Å². The van der Waals surface area contributed by atoms with Crippen molar-refractivity contribution in [2.75, 3.05) is 6.79 Å². The molecule has 1 atom stereocenters. The van der Waals surface area contributed by atoms with Crippen molar-refractivity contribution >= 4 is 17.2 Å². The zero-order valence-corrected chi connectivity index (χ0v) is 17.8. The molecule has 1 unspecified atom stereocenters. The number of benzene rings is 2. The number of aryl methyl sites for hydroxylation is 1.